The first-order valence-electron chi connectivity index (χ1n) is 8.71. The summed E-state index contributed by atoms with van der Waals surface area (Å²) in [5, 5.41) is 10.3. The predicted octanol–water partition coefficient (Wildman–Crippen LogP) is 3.54. The molecule has 0 bridgehead atoms. The number of ether oxygens (including phenoxy) is 3. The van der Waals surface area contributed by atoms with Crippen molar-refractivity contribution in [3.63, 3.8) is 0 Å². The van der Waals surface area contributed by atoms with E-state index in [1.54, 1.807) is 28.1 Å². The van der Waals surface area contributed by atoms with Crippen molar-refractivity contribution >= 4 is 0 Å². The molecule has 1 unspecified atom stereocenters. The molecule has 4 nitrogen and oxygen atoms in total. The van der Waals surface area contributed by atoms with Crippen LogP contribution < -0.4 is 14.2 Å². The maximum Gasteiger partial charge on any atom is 0.131 e. The number of methoxy groups -OCH3 is 2. The summed E-state index contributed by atoms with van der Waals surface area (Å²) in [5.74, 6) is 2.57. The second kappa shape index (κ2) is 5.67. The van der Waals surface area contributed by atoms with E-state index in [9.17, 15) is 5.11 Å². The predicted molar refractivity (Wildman–Crippen MR) is 96.8 cm³/mol. The lowest BCUT2D eigenvalue weighted by Gasteiger charge is -2.25. The first-order chi connectivity index (χ1) is 11.9. The molecule has 1 aliphatic heterocycles. The Bertz CT molecular complexity index is 816. The Hall–Kier alpha value is -2.20. The Labute approximate surface area is 148 Å². The molecule has 0 radical (unpaired) electrons. The van der Waals surface area contributed by atoms with Crippen LogP contribution in [0.4, 0.5) is 0 Å². The molecule has 4 rings (SSSR count). The van der Waals surface area contributed by atoms with Gasteiger partial charge in [0.2, 0.25) is 0 Å². The van der Waals surface area contributed by atoms with Crippen LogP contribution in [-0.4, -0.2) is 31.0 Å². The number of aliphatic hydroxyl groups is 1. The first-order valence-corrected chi connectivity index (χ1v) is 8.71. The van der Waals surface area contributed by atoms with E-state index in [1.165, 1.54) is 22.3 Å². The molecule has 25 heavy (non-hydrogen) atoms. The molecule has 2 aromatic rings. The van der Waals surface area contributed by atoms with Crippen molar-refractivity contribution in [1.29, 1.82) is 0 Å². The zero-order chi connectivity index (χ0) is 17.8. The molecular formula is C21H24O4. The standard InChI is InChI=1S/C21H24O4/c1-21(2,22)19-11-16-14-6-5-12-9-13(23-3)10-18(24-4)20(12)15(14)7-8-17(16)25-19/h7-10,19,22H,5-6,11H2,1-4H3. The van der Waals surface area contributed by atoms with Crippen LogP contribution in [0.15, 0.2) is 24.3 Å². The Morgan fingerprint density at radius 3 is 2.56 bits per heavy atom. The number of benzene rings is 2. The number of rotatable bonds is 3. The van der Waals surface area contributed by atoms with E-state index in [4.69, 9.17) is 14.2 Å². The van der Waals surface area contributed by atoms with Crippen molar-refractivity contribution in [2.45, 2.75) is 44.8 Å². The minimum Gasteiger partial charge on any atom is -0.497 e. The highest BCUT2D eigenvalue weighted by atomic mass is 16.5. The summed E-state index contributed by atoms with van der Waals surface area (Å²) in [6.07, 6.45) is 2.45. The van der Waals surface area contributed by atoms with Crippen LogP contribution in [0.1, 0.15) is 30.5 Å². The van der Waals surface area contributed by atoms with Gasteiger partial charge in [-0.3, -0.25) is 0 Å². The molecule has 4 heteroatoms. The summed E-state index contributed by atoms with van der Waals surface area (Å²) in [5.41, 5.74) is 5.30. The molecule has 0 amide bonds. The Morgan fingerprint density at radius 2 is 1.88 bits per heavy atom. The molecule has 0 aromatic heterocycles. The Kier molecular flexibility index (Phi) is 3.69. The van der Waals surface area contributed by atoms with Gasteiger partial charge in [0.15, 0.2) is 0 Å². The van der Waals surface area contributed by atoms with E-state index < -0.39 is 5.60 Å². The third kappa shape index (κ3) is 2.56. The fraction of sp³-hybridized carbons (Fsp3) is 0.429. The van der Waals surface area contributed by atoms with Crippen molar-refractivity contribution in [1.82, 2.24) is 0 Å². The van der Waals surface area contributed by atoms with E-state index in [0.29, 0.717) is 0 Å². The number of fused-ring (bicyclic) bond motifs is 5. The highest BCUT2D eigenvalue weighted by Crippen LogP contribution is 2.47. The summed E-state index contributed by atoms with van der Waals surface area (Å²) >= 11 is 0. The molecule has 1 N–H and O–H groups in total. The second-order valence-electron chi connectivity index (χ2n) is 7.40. The van der Waals surface area contributed by atoms with Gasteiger partial charge < -0.3 is 19.3 Å². The van der Waals surface area contributed by atoms with Gasteiger partial charge in [0.25, 0.3) is 0 Å². The summed E-state index contributed by atoms with van der Waals surface area (Å²) < 4.78 is 17.1. The van der Waals surface area contributed by atoms with Crippen molar-refractivity contribution in [3.05, 3.63) is 41.0 Å². The molecule has 2 aliphatic rings. The first kappa shape index (κ1) is 16.3. The van der Waals surface area contributed by atoms with Crippen molar-refractivity contribution in [2.24, 2.45) is 0 Å². The molecule has 1 heterocycles. The average molecular weight is 340 g/mol. The summed E-state index contributed by atoms with van der Waals surface area (Å²) in [7, 11) is 3.38. The lowest BCUT2D eigenvalue weighted by atomic mass is 9.81. The van der Waals surface area contributed by atoms with Gasteiger partial charge in [-0.1, -0.05) is 6.07 Å². The molecule has 2 aromatic carbocycles. The molecule has 1 atom stereocenters. The summed E-state index contributed by atoms with van der Waals surface area (Å²) in [4.78, 5) is 0. The monoisotopic (exact) mass is 340 g/mol. The number of hydrogen-bond donors (Lipinski definition) is 1. The third-order valence-corrected chi connectivity index (χ3v) is 5.36. The maximum absolute atomic E-state index is 10.3. The largest absolute Gasteiger partial charge is 0.497 e. The lowest BCUT2D eigenvalue weighted by molar-refractivity contribution is -0.0229. The van der Waals surface area contributed by atoms with Crippen LogP contribution in [0.2, 0.25) is 0 Å². The van der Waals surface area contributed by atoms with E-state index in [2.05, 4.69) is 12.1 Å². The molecule has 0 saturated carbocycles. The molecule has 1 aliphatic carbocycles. The quantitative estimate of drug-likeness (QED) is 0.928. The zero-order valence-corrected chi connectivity index (χ0v) is 15.2. The van der Waals surface area contributed by atoms with Crippen molar-refractivity contribution in [2.75, 3.05) is 14.2 Å². The van der Waals surface area contributed by atoms with Gasteiger partial charge in [-0.2, -0.15) is 0 Å². The van der Waals surface area contributed by atoms with E-state index in [0.717, 1.165) is 42.1 Å². The fourth-order valence-electron chi connectivity index (χ4n) is 3.99. The second-order valence-corrected chi connectivity index (χ2v) is 7.40. The van der Waals surface area contributed by atoms with E-state index >= 15 is 0 Å². The lowest BCUT2D eigenvalue weighted by Crippen LogP contribution is -2.39. The van der Waals surface area contributed by atoms with Gasteiger partial charge >= 0.3 is 0 Å². The average Bonchev–Trinajstić information content (AvgIpc) is 3.05. The van der Waals surface area contributed by atoms with E-state index in [1.807, 2.05) is 12.1 Å². The summed E-state index contributed by atoms with van der Waals surface area (Å²) in [6, 6.07) is 8.19. The Balaban J connectivity index is 1.84. The van der Waals surface area contributed by atoms with Gasteiger partial charge in [-0.05, 0) is 55.5 Å². The SMILES string of the molecule is COc1cc2c(c(OC)c1)-c1ccc3c(c1CC2)CC(C(C)(C)O)O3. The van der Waals surface area contributed by atoms with Gasteiger partial charge in [-0.25, -0.2) is 0 Å². The van der Waals surface area contributed by atoms with E-state index in [-0.39, 0.29) is 6.10 Å². The fourth-order valence-corrected chi connectivity index (χ4v) is 3.99. The maximum atomic E-state index is 10.3. The van der Waals surface area contributed by atoms with Crippen LogP contribution in [0, 0.1) is 0 Å². The Morgan fingerprint density at radius 1 is 1.08 bits per heavy atom. The highest BCUT2D eigenvalue weighted by Gasteiger charge is 2.37. The van der Waals surface area contributed by atoms with Crippen LogP contribution >= 0.6 is 0 Å². The highest BCUT2D eigenvalue weighted by molar-refractivity contribution is 5.81. The van der Waals surface area contributed by atoms with Gasteiger partial charge in [0.05, 0.1) is 19.8 Å². The van der Waals surface area contributed by atoms with Gasteiger partial charge in [0, 0.05) is 23.6 Å². The van der Waals surface area contributed by atoms with Gasteiger partial charge in [0.1, 0.15) is 23.4 Å². The van der Waals surface area contributed by atoms with Gasteiger partial charge in [-0.15, -0.1) is 0 Å². The number of aryl methyl sites for hydroxylation is 1. The van der Waals surface area contributed by atoms with Crippen LogP contribution in [-0.2, 0) is 19.3 Å². The van der Waals surface area contributed by atoms with Crippen molar-refractivity contribution < 1.29 is 19.3 Å². The van der Waals surface area contributed by atoms with Crippen LogP contribution in [0.5, 0.6) is 17.2 Å². The van der Waals surface area contributed by atoms with Crippen molar-refractivity contribution in [3.8, 4) is 28.4 Å². The smallest absolute Gasteiger partial charge is 0.131 e. The number of hydrogen-bond acceptors (Lipinski definition) is 4. The summed E-state index contributed by atoms with van der Waals surface area (Å²) in [6.45, 7) is 3.61. The molecule has 132 valence electrons. The molecule has 0 spiro atoms. The molecule has 0 saturated heterocycles. The topological polar surface area (TPSA) is 47.9 Å². The van der Waals surface area contributed by atoms with Crippen LogP contribution in [0.25, 0.3) is 11.1 Å². The minimum atomic E-state index is -0.858. The molecule has 0 fully saturated rings. The minimum absolute atomic E-state index is 0.201. The zero-order valence-electron chi connectivity index (χ0n) is 15.2. The van der Waals surface area contributed by atoms with Crippen LogP contribution in [0.3, 0.4) is 0 Å². The molecular weight excluding hydrogens is 316 g/mol. The third-order valence-electron chi connectivity index (χ3n) is 5.36. The normalized spacial score (nSPS) is 18.0.